The molecule has 0 spiro atoms. The monoisotopic (exact) mass is 261 g/mol. The van der Waals surface area contributed by atoms with Gasteiger partial charge in [-0.05, 0) is 75.5 Å². The van der Waals surface area contributed by atoms with E-state index in [1.165, 1.54) is 38.5 Å². The maximum Gasteiger partial charge on any atom is 0.121 e. The van der Waals surface area contributed by atoms with Gasteiger partial charge in [0.05, 0.1) is 6.04 Å². The number of furan rings is 1. The molecule has 1 N–H and O–H groups in total. The Morgan fingerprint density at radius 1 is 1.32 bits per heavy atom. The number of rotatable bonds is 6. The minimum absolute atomic E-state index is 0.429. The Hall–Kier alpha value is -0.760. The van der Waals surface area contributed by atoms with Crippen LogP contribution in [-0.4, -0.2) is 6.54 Å². The number of fused-ring (bicyclic) bond motifs is 2. The molecule has 106 valence electrons. The molecular formula is C17H27NO. The first-order valence-electron chi connectivity index (χ1n) is 8.06. The molecule has 4 atom stereocenters. The Kier molecular flexibility index (Phi) is 3.97. The molecule has 2 aliphatic rings. The van der Waals surface area contributed by atoms with E-state index in [9.17, 15) is 0 Å². The summed E-state index contributed by atoms with van der Waals surface area (Å²) in [7, 11) is 0. The highest BCUT2D eigenvalue weighted by Gasteiger charge is 2.40. The third-order valence-corrected chi connectivity index (χ3v) is 5.17. The molecule has 2 nitrogen and oxygen atoms in total. The molecule has 1 aromatic heterocycles. The topological polar surface area (TPSA) is 25.2 Å². The molecule has 2 bridgehead atoms. The molecule has 0 aromatic carbocycles. The van der Waals surface area contributed by atoms with Crippen LogP contribution >= 0.6 is 0 Å². The van der Waals surface area contributed by atoms with E-state index in [1.807, 2.05) is 6.92 Å². The summed E-state index contributed by atoms with van der Waals surface area (Å²) in [6, 6.07) is 4.69. The number of aryl methyl sites for hydroxylation is 1. The zero-order valence-corrected chi connectivity index (χ0v) is 12.3. The minimum atomic E-state index is 0.429. The second kappa shape index (κ2) is 5.70. The summed E-state index contributed by atoms with van der Waals surface area (Å²) in [6.45, 7) is 5.36. The van der Waals surface area contributed by atoms with Gasteiger partial charge in [-0.2, -0.15) is 0 Å². The van der Waals surface area contributed by atoms with Crippen LogP contribution in [0.1, 0.15) is 63.0 Å². The molecule has 2 saturated carbocycles. The van der Waals surface area contributed by atoms with E-state index in [0.29, 0.717) is 6.04 Å². The van der Waals surface area contributed by atoms with Crippen LogP contribution in [0, 0.1) is 24.7 Å². The van der Waals surface area contributed by atoms with E-state index < -0.39 is 0 Å². The van der Waals surface area contributed by atoms with Gasteiger partial charge >= 0.3 is 0 Å². The normalized spacial score (nSPS) is 30.9. The van der Waals surface area contributed by atoms with E-state index in [-0.39, 0.29) is 0 Å². The Morgan fingerprint density at radius 3 is 2.79 bits per heavy atom. The average Bonchev–Trinajstić information content (AvgIpc) is 3.10. The highest BCUT2D eigenvalue weighted by atomic mass is 16.3. The van der Waals surface area contributed by atoms with E-state index in [0.717, 1.165) is 35.8 Å². The first-order chi connectivity index (χ1) is 9.26. The molecule has 2 heteroatoms. The average molecular weight is 261 g/mol. The van der Waals surface area contributed by atoms with E-state index >= 15 is 0 Å². The lowest BCUT2D eigenvalue weighted by molar-refractivity contribution is 0.261. The van der Waals surface area contributed by atoms with Gasteiger partial charge in [-0.1, -0.05) is 13.3 Å². The van der Waals surface area contributed by atoms with Gasteiger partial charge in [-0.25, -0.2) is 0 Å². The van der Waals surface area contributed by atoms with Crippen LogP contribution in [0.15, 0.2) is 16.5 Å². The first kappa shape index (κ1) is 13.2. The van der Waals surface area contributed by atoms with Crippen molar-refractivity contribution in [3.63, 3.8) is 0 Å². The van der Waals surface area contributed by atoms with Gasteiger partial charge in [-0.15, -0.1) is 0 Å². The maximum atomic E-state index is 5.87. The standard InChI is InChI=1S/C17H27NO/c1-3-8-18-16(17-7-4-12(2)19-17)11-15-10-13-5-6-14(15)9-13/h4,7,13-16,18H,3,5-6,8-11H2,1-2H3. The van der Waals surface area contributed by atoms with Crippen LogP contribution in [0.3, 0.4) is 0 Å². The molecule has 3 rings (SSSR count). The fraction of sp³-hybridized carbons (Fsp3) is 0.765. The predicted octanol–water partition coefficient (Wildman–Crippen LogP) is 4.46. The van der Waals surface area contributed by atoms with Gasteiger partial charge in [0.1, 0.15) is 11.5 Å². The fourth-order valence-electron chi connectivity index (χ4n) is 4.23. The highest BCUT2D eigenvalue weighted by Crippen LogP contribution is 2.50. The van der Waals surface area contributed by atoms with Crippen LogP contribution in [0.4, 0.5) is 0 Å². The third kappa shape index (κ3) is 2.89. The summed E-state index contributed by atoms with van der Waals surface area (Å²) in [5.41, 5.74) is 0. The van der Waals surface area contributed by atoms with Crippen molar-refractivity contribution in [1.29, 1.82) is 0 Å². The van der Waals surface area contributed by atoms with Crippen molar-refractivity contribution < 1.29 is 4.42 Å². The molecule has 0 saturated heterocycles. The quantitative estimate of drug-likeness (QED) is 0.818. The summed E-state index contributed by atoms with van der Waals surface area (Å²) >= 11 is 0. The number of hydrogen-bond acceptors (Lipinski definition) is 2. The largest absolute Gasteiger partial charge is 0.465 e. The highest BCUT2D eigenvalue weighted by molar-refractivity contribution is 5.10. The zero-order valence-electron chi connectivity index (χ0n) is 12.3. The van der Waals surface area contributed by atoms with Crippen molar-refractivity contribution in [3.8, 4) is 0 Å². The molecule has 4 unspecified atom stereocenters. The van der Waals surface area contributed by atoms with Crippen LogP contribution in [0.5, 0.6) is 0 Å². The summed E-state index contributed by atoms with van der Waals surface area (Å²) < 4.78 is 5.87. The van der Waals surface area contributed by atoms with Gasteiger partial charge in [-0.3, -0.25) is 0 Å². The van der Waals surface area contributed by atoms with E-state index in [2.05, 4.69) is 24.4 Å². The minimum Gasteiger partial charge on any atom is -0.465 e. The molecule has 2 aliphatic carbocycles. The molecule has 2 fully saturated rings. The van der Waals surface area contributed by atoms with E-state index in [4.69, 9.17) is 4.42 Å². The van der Waals surface area contributed by atoms with Crippen molar-refractivity contribution in [2.45, 2.75) is 58.4 Å². The van der Waals surface area contributed by atoms with Gasteiger partial charge in [0, 0.05) is 0 Å². The van der Waals surface area contributed by atoms with Gasteiger partial charge in [0.15, 0.2) is 0 Å². The smallest absolute Gasteiger partial charge is 0.121 e. The van der Waals surface area contributed by atoms with Crippen molar-refractivity contribution in [2.24, 2.45) is 17.8 Å². The second-order valence-electron chi connectivity index (χ2n) is 6.63. The molecule has 0 aliphatic heterocycles. The van der Waals surface area contributed by atoms with Crippen LogP contribution in [0.25, 0.3) is 0 Å². The van der Waals surface area contributed by atoms with Crippen molar-refractivity contribution in [3.05, 3.63) is 23.7 Å². The Labute approximate surface area is 117 Å². The summed E-state index contributed by atoms with van der Waals surface area (Å²) in [5, 5.41) is 3.69. The summed E-state index contributed by atoms with van der Waals surface area (Å²) in [5.74, 6) is 5.16. The lowest BCUT2D eigenvalue weighted by Gasteiger charge is -2.26. The molecule has 0 amide bonds. The Bertz CT molecular complexity index is 411. The molecule has 19 heavy (non-hydrogen) atoms. The maximum absolute atomic E-state index is 5.87. The second-order valence-corrected chi connectivity index (χ2v) is 6.63. The number of nitrogens with one attached hydrogen (secondary N) is 1. The van der Waals surface area contributed by atoms with Crippen molar-refractivity contribution in [2.75, 3.05) is 6.54 Å². The Balaban J connectivity index is 1.65. The molecular weight excluding hydrogens is 234 g/mol. The van der Waals surface area contributed by atoms with Crippen molar-refractivity contribution >= 4 is 0 Å². The van der Waals surface area contributed by atoms with E-state index in [1.54, 1.807) is 0 Å². The van der Waals surface area contributed by atoms with Crippen LogP contribution < -0.4 is 5.32 Å². The lowest BCUT2D eigenvalue weighted by Crippen LogP contribution is -2.26. The van der Waals surface area contributed by atoms with Crippen LogP contribution in [-0.2, 0) is 0 Å². The summed E-state index contributed by atoms with van der Waals surface area (Å²) in [6.07, 6.45) is 8.40. The van der Waals surface area contributed by atoms with Gasteiger partial charge in [0.2, 0.25) is 0 Å². The first-order valence-corrected chi connectivity index (χ1v) is 8.06. The third-order valence-electron chi connectivity index (χ3n) is 5.17. The van der Waals surface area contributed by atoms with Crippen molar-refractivity contribution in [1.82, 2.24) is 5.32 Å². The fourth-order valence-corrected chi connectivity index (χ4v) is 4.23. The van der Waals surface area contributed by atoms with Crippen LogP contribution in [0.2, 0.25) is 0 Å². The molecule has 0 radical (unpaired) electrons. The predicted molar refractivity (Wildman–Crippen MR) is 78.0 cm³/mol. The molecule has 1 heterocycles. The van der Waals surface area contributed by atoms with Gasteiger partial charge < -0.3 is 9.73 Å². The number of hydrogen-bond donors (Lipinski definition) is 1. The summed E-state index contributed by atoms with van der Waals surface area (Å²) in [4.78, 5) is 0. The lowest BCUT2D eigenvalue weighted by atomic mass is 9.83. The van der Waals surface area contributed by atoms with Gasteiger partial charge in [0.25, 0.3) is 0 Å². The molecule has 1 aromatic rings. The Morgan fingerprint density at radius 2 is 2.21 bits per heavy atom. The zero-order chi connectivity index (χ0) is 13.2. The SMILES string of the molecule is CCCNC(CC1CC2CCC1C2)c1ccc(C)o1.